The van der Waals surface area contributed by atoms with E-state index < -0.39 is 0 Å². The summed E-state index contributed by atoms with van der Waals surface area (Å²) in [5.74, 6) is 1.86. The third-order valence-electron chi connectivity index (χ3n) is 3.54. The normalized spacial score (nSPS) is 34.2. The van der Waals surface area contributed by atoms with Crippen molar-refractivity contribution >= 4 is 17.3 Å². The first-order chi connectivity index (χ1) is 6.94. The lowest BCUT2D eigenvalue weighted by Gasteiger charge is -2.28. The lowest BCUT2D eigenvalue weighted by molar-refractivity contribution is 0.384. The van der Waals surface area contributed by atoms with Crippen molar-refractivity contribution in [2.45, 2.75) is 58.0 Å². The van der Waals surface area contributed by atoms with Gasteiger partial charge in [0.1, 0.15) is 0 Å². The minimum Gasteiger partial charge on any atom is -0.360 e. The Morgan fingerprint density at radius 2 is 1.93 bits per heavy atom. The van der Waals surface area contributed by atoms with Crippen molar-refractivity contribution in [2.24, 2.45) is 11.8 Å². The molecule has 2 nitrogen and oxygen atoms in total. The smallest absolute Gasteiger partial charge is 0.166 e. The van der Waals surface area contributed by atoms with Crippen molar-refractivity contribution in [3.63, 3.8) is 0 Å². The maximum Gasteiger partial charge on any atom is 0.166 e. The third-order valence-corrected chi connectivity index (χ3v) is 3.76. The van der Waals surface area contributed by atoms with Crippen LogP contribution in [-0.4, -0.2) is 16.7 Å². The van der Waals surface area contributed by atoms with Crippen LogP contribution in [0.2, 0.25) is 0 Å². The molecule has 2 bridgehead atoms. The van der Waals surface area contributed by atoms with Gasteiger partial charge < -0.3 is 10.6 Å². The quantitative estimate of drug-likeness (QED) is 0.672. The molecule has 0 aromatic rings. The van der Waals surface area contributed by atoms with E-state index in [1.165, 1.54) is 25.7 Å². The predicted molar refractivity (Wildman–Crippen MR) is 67.9 cm³/mol. The second-order valence-corrected chi connectivity index (χ2v) is 6.54. The summed E-state index contributed by atoms with van der Waals surface area (Å²) < 4.78 is 0. The van der Waals surface area contributed by atoms with Gasteiger partial charge in [-0.25, -0.2) is 0 Å². The molecule has 2 fully saturated rings. The van der Waals surface area contributed by atoms with E-state index in [1.807, 2.05) is 0 Å². The van der Waals surface area contributed by atoms with Crippen LogP contribution in [0.1, 0.15) is 46.5 Å². The topological polar surface area (TPSA) is 24.1 Å². The second kappa shape index (κ2) is 3.93. The van der Waals surface area contributed by atoms with Crippen LogP contribution in [-0.2, 0) is 0 Å². The van der Waals surface area contributed by atoms with Gasteiger partial charge >= 0.3 is 0 Å². The molecule has 15 heavy (non-hydrogen) atoms. The van der Waals surface area contributed by atoms with Crippen LogP contribution in [0, 0.1) is 11.8 Å². The Balaban J connectivity index is 1.80. The van der Waals surface area contributed by atoms with E-state index in [9.17, 15) is 0 Å². The molecule has 2 N–H and O–H groups in total. The maximum atomic E-state index is 5.33. The summed E-state index contributed by atoms with van der Waals surface area (Å²) in [5.41, 5.74) is 0.0711. The minimum absolute atomic E-state index is 0.0711. The largest absolute Gasteiger partial charge is 0.360 e. The Morgan fingerprint density at radius 3 is 2.40 bits per heavy atom. The Hall–Kier alpha value is -0.310. The molecule has 2 aliphatic rings. The summed E-state index contributed by atoms with van der Waals surface area (Å²) in [6.45, 7) is 6.42. The Morgan fingerprint density at radius 1 is 1.20 bits per heavy atom. The molecule has 2 saturated carbocycles. The van der Waals surface area contributed by atoms with E-state index in [-0.39, 0.29) is 5.54 Å². The van der Waals surface area contributed by atoms with Gasteiger partial charge in [0.2, 0.25) is 0 Å². The zero-order valence-corrected chi connectivity index (χ0v) is 10.8. The molecule has 0 heterocycles. The lowest BCUT2D eigenvalue weighted by atomic mass is 9.95. The molecule has 0 spiro atoms. The molecule has 2 aliphatic carbocycles. The van der Waals surface area contributed by atoms with Crippen LogP contribution < -0.4 is 10.6 Å². The summed E-state index contributed by atoms with van der Waals surface area (Å²) >= 11 is 5.33. The number of fused-ring (bicyclic) bond motifs is 2. The zero-order chi connectivity index (χ0) is 11.1. The lowest BCUT2D eigenvalue weighted by Crippen LogP contribution is -2.50. The summed E-state index contributed by atoms with van der Waals surface area (Å²) in [7, 11) is 0. The van der Waals surface area contributed by atoms with Crippen LogP contribution in [0.5, 0.6) is 0 Å². The van der Waals surface area contributed by atoms with E-state index in [0.717, 1.165) is 16.9 Å². The fourth-order valence-electron chi connectivity index (χ4n) is 2.97. The third kappa shape index (κ3) is 2.83. The van der Waals surface area contributed by atoms with Crippen molar-refractivity contribution in [2.75, 3.05) is 0 Å². The van der Waals surface area contributed by atoms with Gasteiger partial charge in [-0.15, -0.1) is 0 Å². The van der Waals surface area contributed by atoms with Crippen LogP contribution in [0.4, 0.5) is 0 Å². The molecule has 0 unspecified atom stereocenters. The minimum atomic E-state index is 0.0711. The van der Waals surface area contributed by atoms with E-state index in [0.29, 0.717) is 6.04 Å². The molecule has 0 amide bonds. The summed E-state index contributed by atoms with van der Waals surface area (Å²) in [6, 6.07) is 0.645. The zero-order valence-electron chi connectivity index (χ0n) is 9.97. The van der Waals surface area contributed by atoms with E-state index in [1.54, 1.807) is 0 Å². The molecule has 86 valence electrons. The highest BCUT2D eigenvalue weighted by molar-refractivity contribution is 7.80. The highest BCUT2D eigenvalue weighted by Gasteiger charge is 2.39. The van der Waals surface area contributed by atoms with Gasteiger partial charge in [0, 0.05) is 11.6 Å². The summed E-state index contributed by atoms with van der Waals surface area (Å²) in [4.78, 5) is 0. The molecule has 0 aromatic heterocycles. The first-order valence-electron chi connectivity index (χ1n) is 6.03. The van der Waals surface area contributed by atoms with Crippen molar-refractivity contribution in [1.29, 1.82) is 0 Å². The fourth-order valence-corrected chi connectivity index (χ4v) is 3.42. The first-order valence-corrected chi connectivity index (χ1v) is 6.43. The first kappa shape index (κ1) is 11.2. The number of hydrogen-bond donors (Lipinski definition) is 2. The highest BCUT2D eigenvalue weighted by Crippen LogP contribution is 2.44. The Kier molecular flexibility index (Phi) is 2.93. The van der Waals surface area contributed by atoms with Crippen molar-refractivity contribution in [1.82, 2.24) is 10.6 Å². The van der Waals surface area contributed by atoms with Crippen molar-refractivity contribution in [3.8, 4) is 0 Å². The van der Waals surface area contributed by atoms with Gasteiger partial charge in [-0.05, 0) is 64.1 Å². The van der Waals surface area contributed by atoms with Gasteiger partial charge in [-0.3, -0.25) is 0 Å². The van der Waals surface area contributed by atoms with Crippen molar-refractivity contribution < 1.29 is 0 Å². The molecule has 3 heteroatoms. The fraction of sp³-hybridized carbons (Fsp3) is 0.917. The molecule has 0 saturated heterocycles. The second-order valence-electron chi connectivity index (χ2n) is 6.13. The van der Waals surface area contributed by atoms with Crippen LogP contribution in [0.15, 0.2) is 0 Å². The van der Waals surface area contributed by atoms with Crippen molar-refractivity contribution in [3.05, 3.63) is 0 Å². The number of nitrogens with one attached hydrogen (secondary N) is 2. The molecule has 0 aliphatic heterocycles. The standard InChI is InChI=1S/C12H22N2S/c1-12(2,3)14-11(15)13-10-7-8-4-5-9(10)6-8/h8-10H,4-7H2,1-3H3,(H2,13,14,15)/t8-,9+,10-/m0/s1. The van der Waals surface area contributed by atoms with Gasteiger partial charge in [-0.1, -0.05) is 6.42 Å². The van der Waals surface area contributed by atoms with Gasteiger partial charge in [0.05, 0.1) is 0 Å². The highest BCUT2D eigenvalue weighted by atomic mass is 32.1. The molecular weight excluding hydrogens is 204 g/mol. The maximum absolute atomic E-state index is 5.33. The molecule has 0 aromatic carbocycles. The molecule has 0 radical (unpaired) electrons. The predicted octanol–water partition coefficient (Wildman–Crippen LogP) is 2.44. The number of thiocarbonyl (C=S) groups is 1. The summed E-state index contributed by atoms with van der Waals surface area (Å²) in [5, 5.41) is 7.65. The Bertz CT molecular complexity index is 257. The van der Waals surface area contributed by atoms with Gasteiger partial charge in [0.25, 0.3) is 0 Å². The number of rotatable bonds is 1. The van der Waals surface area contributed by atoms with Gasteiger partial charge in [-0.2, -0.15) is 0 Å². The van der Waals surface area contributed by atoms with E-state index >= 15 is 0 Å². The average molecular weight is 226 g/mol. The Labute approximate surface area is 98.2 Å². The van der Waals surface area contributed by atoms with E-state index in [2.05, 4.69) is 31.4 Å². The van der Waals surface area contributed by atoms with Crippen LogP contribution in [0.25, 0.3) is 0 Å². The average Bonchev–Trinajstić information content (AvgIpc) is 2.60. The van der Waals surface area contributed by atoms with Crippen LogP contribution in [0.3, 0.4) is 0 Å². The van der Waals surface area contributed by atoms with Crippen LogP contribution >= 0.6 is 12.2 Å². The monoisotopic (exact) mass is 226 g/mol. The number of hydrogen-bond acceptors (Lipinski definition) is 1. The molecular formula is C12H22N2S. The van der Waals surface area contributed by atoms with E-state index in [4.69, 9.17) is 12.2 Å². The summed E-state index contributed by atoms with van der Waals surface area (Å²) in [6.07, 6.45) is 5.61. The van der Waals surface area contributed by atoms with Gasteiger partial charge in [0.15, 0.2) is 5.11 Å². The molecule has 2 rings (SSSR count). The SMILES string of the molecule is CC(C)(C)NC(=S)N[C@H]1C[C@H]2CC[C@@H]1C2. The molecule has 3 atom stereocenters.